The van der Waals surface area contributed by atoms with Crippen LogP contribution in [0.5, 0.6) is 0 Å². The normalized spacial score (nSPS) is 12.0. The van der Waals surface area contributed by atoms with Crippen molar-refractivity contribution in [1.29, 1.82) is 0 Å². The van der Waals surface area contributed by atoms with E-state index in [0.29, 0.717) is 25.8 Å². The number of sulfonamides is 1. The largest absolute Gasteiger partial charge is 0.357 e. The maximum atomic E-state index is 13.9. The molecule has 2 amide bonds. The summed E-state index contributed by atoms with van der Waals surface area (Å²) in [6.45, 7) is -0.501. The van der Waals surface area contributed by atoms with Crippen LogP contribution in [-0.4, -0.2) is 51.0 Å². The van der Waals surface area contributed by atoms with Crippen LogP contribution in [0.2, 0.25) is 10.0 Å². The zero-order chi connectivity index (χ0) is 27.2. The van der Waals surface area contributed by atoms with E-state index in [1.54, 1.807) is 42.5 Å². The summed E-state index contributed by atoms with van der Waals surface area (Å²) in [5, 5.41) is 3.29. The fourth-order valence-corrected chi connectivity index (χ4v) is 5.60. The zero-order valence-corrected chi connectivity index (χ0v) is 24.1. The van der Waals surface area contributed by atoms with Crippen molar-refractivity contribution in [2.24, 2.45) is 0 Å². The lowest BCUT2D eigenvalue weighted by Gasteiger charge is -2.33. The Hall–Kier alpha value is -2.59. The van der Waals surface area contributed by atoms with Gasteiger partial charge in [-0.05, 0) is 51.3 Å². The van der Waals surface area contributed by atoms with Crippen LogP contribution in [0.1, 0.15) is 11.1 Å². The maximum absolute atomic E-state index is 13.9. The third-order valence-corrected chi connectivity index (χ3v) is 8.19. The molecule has 0 fully saturated rings. The minimum atomic E-state index is -3.85. The van der Waals surface area contributed by atoms with E-state index in [4.69, 9.17) is 23.2 Å². The van der Waals surface area contributed by atoms with E-state index in [1.165, 1.54) is 11.9 Å². The Bertz CT molecular complexity index is 1370. The quantitative estimate of drug-likeness (QED) is 0.347. The molecule has 0 saturated heterocycles. The van der Waals surface area contributed by atoms with Gasteiger partial charge in [-0.1, -0.05) is 71.7 Å². The molecule has 0 unspecified atom stereocenters. The first-order chi connectivity index (χ1) is 17.5. The third-order valence-electron chi connectivity index (χ3n) is 5.65. The highest BCUT2D eigenvalue weighted by Gasteiger charge is 2.33. The number of hydrogen-bond donors (Lipinski definition) is 1. The van der Waals surface area contributed by atoms with Gasteiger partial charge in [0.25, 0.3) is 0 Å². The topological polar surface area (TPSA) is 86.8 Å². The van der Waals surface area contributed by atoms with Crippen molar-refractivity contribution in [3.63, 3.8) is 0 Å². The summed E-state index contributed by atoms with van der Waals surface area (Å²) in [6, 6.07) is 20.0. The van der Waals surface area contributed by atoms with Gasteiger partial charge in [-0.15, -0.1) is 0 Å². The van der Waals surface area contributed by atoms with Crippen LogP contribution in [0.3, 0.4) is 0 Å². The summed E-state index contributed by atoms with van der Waals surface area (Å²) >= 11 is 15.7. The molecule has 0 aliphatic carbocycles. The molecule has 3 aromatic rings. The monoisotopic (exact) mass is 625 g/mol. The van der Waals surface area contributed by atoms with E-state index in [0.717, 1.165) is 16.1 Å². The minimum absolute atomic E-state index is 0.00814. The number of carbonyl (C=O) groups is 2. The summed E-state index contributed by atoms with van der Waals surface area (Å²) in [5.74, 6) is -0.944. The molecule has 0 aromatic heterocycles. The Labute approximate surface area is 235 Å². The highest BCUT2D eigenvalue weighted by Crippen LogP contribution is 2.29. The van der Waals surface area contributed by atoms with Crippen LogP contribution in [0.25, 0.3) is 0 Å². The molecule has 1 N–H and O–H groups in total. The van der Waals surface area contributed by atoms with E-state index in [2.05, 4.69) is 21.2 Å². The van der Waals surface area contributed by atoms with E-state index >= 15 is 0 Å². The second-order valence-corrected chi connectivity index (χ2v) is 11.9. The van der Waals surface area contributed by atoms with Crippen molar-refractivity contribution >= 4 is 66.7 Å². The highest BCUT2D eigenvalue weighted by molar-refractivity contribution is 9.10. The Morgan fingerprint density at radius 1 is 0.946 bits per heavy atom. The van der Waals surface area contributed by atoms with Gasteiger partial charge in [-0.25, -0.2) is 8.42 Å². The first-order valence-electron chi connectivity index (χ1n) is 11.2. The lowest BCUT2D eigenvalue weighted by molar-refractivity contribution is -0.139. The first-order valence-corrected chi connectivity index (χ1v) is 14.6. The molecule has 196 valence electrons. The zero-order valence-electron chi connectivity index (χ0n) is 20.2. The molecule has 1 atom stereocenters. The highest BCUT2D eigenvalue weighted by atomic mass is 79.9. The lowest BCUT2D eigenvalue weighted by atomic mass is 10.0. The number of rotatable bonds is 10. The van der Waals surface area contributed by atoms with Crippen molar-refractivity contribution in [1.82, 2.24) is 10.2 Å². The van der Waals surface area contributed by atoms with E-state index in [9.17, 15) is 18.0 Å². The van der Waals surface area contributed by atoms with Gasteiger partial charge in [-0.3, -0.25) is 13.9 Å². The summed E-state index contributed by atoms with van der Waals surface area (Å²) in [6.07, 6.45) is 1.25. The predicted molar refractivity (Wildman–Crippen MR) is 151 cm³/mol. The Kier molecular flexibility index (Phi) is 10.0. The number of carbonyl (C=O) groups excluding carboxylic acids is 2. The van der Waals surface area contributed by atoms with Crippen LogP contribution in [0.4, 0.5) is 5.69 Å². The number of anilines is 1. The Morgan fingerprint density at radius 3 is 2.19 bits per heavy atom. The van der Waals surface area contributed by atoms with Crippen LogP contribution in [0.15, 0.2) is 77.3 Å². The number of hydrogen-bond acceptors (Lipinski definition) is 4. The number of benzene rings is 3. The maximum Gasteiger partial charge on any atom is 0.244 e. The molecular weight excluding hydrogens is 601 g/mol. The standard InChI is InChI=1S/C26H26BrCl2N3O4S/c1-30-26(34)24(15-18-8-4-3-5-9-18)31(16-19-12-13-21(28)22(29)14-19)25(33)17-32(37(2,35)36)23-11-7-6-10-20(23)27/h3-14,24H,15-17H2,1-2H3,(H,30,34)/t24-/m1/s1. The van der Waals surface area contributed by atoms with Crippen LogP contribution >= 0.6 is 39.1 Å². The fourth-order valence-electron chi connectivity index (χ4n) is 3.80. The Morgan fingerprint density at radius 2 is 1.59 bits per heavy atom. The number of nitrogens with zero attached hydrogens (tertiary/aromatic N) is 2. The average Bonchev–Trinajstić information content (AvgIpc) is 2.86. The smallest absolute Gasteiger partial charge is 0.244 e. The summed E-state index contributed by atoms with van der Waals surface area (Å²) in [4.78, 5) is 28.3. The summed E-state index contributed by atoms with van der Waals surface area (Å²) in [5.41, 5.74) is 1.79. The van der Waals surface area contributed by atoms with Gasteiger partial charge in [0.2, 0.25) is 21.8 Å². The van der Waals surface area contributed by atoms with Gasteiger partial charge in [0.15, 0.2) is 0 Å². The van der Waals surface area contributed by atoms with Crippen LogP contribution in [-0.2, 0) is 32.6 Å². The van der Waals surface area contributed by atoms with Gasteiger partial charge in [-0.2, -0.15) is 0 Å². The lowest BCUT2D eigenvalue weighted by Crippen LogP contribution is -2.52. The number of halogens is 3. The van der Waals surface area contributed by atoms with Crippen LogP contribution in [0, 0.1) is 0 Å². The molecular formula is C26H26BrCl2N3O4S. The van der Waals surface area contributed by atoms with Crippen molar-refractivity contribution in [2.45, 2.75) is 19.0 Å². The molecule has 37 heavy (non-hydrogen) atoms. The molecule has 11 heteroatoms. The molecule has 0 saturated carbocycles. The molecule has 0 heterocycles. The van der Waals surface area contributed by atoms with Gasteiger partial charge in [0.05, 0.1) is 22.0 Å². The van der Waals surface area contributed by atoms with Gasteiger partial charge in [0.1, 0.15) is 12.6 Å². The number of amides is 2. The third kappa shape index (κ3) is 7.70. The van der Waals surface area contributed by atoms with Crippen molar-refractivity contribution in [3.8, 4) is 0 Å². The SMILES string of the molecule is CNC(=O)[C@@H](Cc1ccccc1)N(Cc1ccc(Cl)c(Cl)c1)C(=O)CN(c1ccccc1Br)S(C)(=O)=O. The summed E-state index contributed by atoms with van der Waals surface area (Å²) < 4.78 is 27.0. The fraction of sp³-hybridized carbons (Fsp3) is 0.231. The van der Waals surface area contributed by atoms with Gasteiger partial charge >= 0.3 is 0 Å². The van der Waals surface area contributed by atoms with Crippen molar-refractivity contribution in [2.75, 3.05) is 24.2 Å². The number of para-hydroxylation sites is 1. The first kappa shape index (κ1) is 29.0. The van der Waals surface area contributed by atoms with E-state index in [-0.39, 0.29) is 18.9 Å². The molecule has 0 aliphatic rings. The molecule has 0 spiro atoms. The average molecular weight is 627 g/mol. The van der Waals surface area contributed by atoms with Gasteiger partial charge in [0, 0.05) is 24.5 Å². The molecule has 0 bridgehead atoms. The molecule has 7 nitrogen and oxygen atoms in total. The molecule has 0 aliphatic heterocycles. The van der Waals surface area contributed by atoms with Crippen molar-refractivity contribution in [3.05, 3.63) is 98.4 Å². The minimum Gasteiger partial charge on any atom is -0.357 e. The molecule has 3 aromatic carbocycles. The summed E-state index contributed by atoms with van der Waals surface area (Å²) in [7, 11) is -2.36. The molecule has 3 rings (SSSR count). The second-order valence-electron chi connectivity index (χ2n) is 8.31. The van der Waals surface area contributed by atoms with Gasteiger partial charge < -0.3 is 10.2 Å². The number of nitrogens with one attached hydrogen (secondary N) is 1. The second kappa shape index (κ2) is 12.8. The molecule has 0 radical (unpaired) electrons. The van der Waals surface area contributed by atoms with E-state index < -0.39 is 28.5 Å². The predicted octanol–water partition coefficient (Wildman–Crippen LogP) is 4.91. The Balaban J connectivity index is 2.05. The van der Waals surface area contributed by atoms with Crippen LogP contribution < -0.4 is 9.62 Å². The van der Waals surface area contributed by atoms with E-state index in [1.807, 2.05) is 30.3 Å². The van der Waals surface area contributed by atoms with Crippen molar-refractivity contribution < 1.29 is 18.0 Å². The number of likely N-dealkylation sites (N-methyl/N-ethyl adjacent to an activating group) is 1.